The molecule has 19 heavy (non-hydrogen) atoms. The van der Waals surface area contributed by atoms with Crippen molar-refractivity contribution < 1.29 is 4.39 Å². The molecule has 2 nitrogen and oxygen atoms in total. The lowest BCUT2D eigenvalue weighted by Gasteiger charge is -2.27. The lowest BCUT2D eigenvalue weighted by Crippen LogP contribution is -2.30. The van der Waals surface area contributed by atoms with Gasteiger partial charge in [-0.25, -0.2) is 4.39 Å². The molecule has 1 atom stereocenters. The zero-order chi connectivity index (χ0) is 13.7. The molecule has 4 heteroatoms. The van der Waals surface area contributed by atoms with E-state index in [0.717, 1.165) is 31.0 Å². The van der Waals surface area contributed by atoms with Crippen LogP contribution in [0.5, 0.6) is 0 Å². The van der Waals surface area contributed by atoms with Crippen molar-refractivity contribution in [3.8, 4) is 6.07 Å². The maximum Gasteiger partial charge on any atom is 0.143 e. The van der Waals surface area contributed by atoms with Crippen molar-refractivity contribution in [1.82, 2.24) is 0 Å². The maximum atomic E-state index is 13.7. The molecule has 1 heterocycles. The van der Waals surface area contributed by atoms with Gasteiger partial charge in [0, 0.05) is 18.3 Å². The van der Waals surface area contributed by atoms with E-state index in [-0.39, 0.29) is 5.56 Å². The number of hydrogen-bond donors (Lipinski definition) is 0. The standard InChI is InChI=1S/C15H19FN2S/c1-2-19-12-6-3-4-9-18(11-12)15-8-5-7-14(16)13(15)10-17/h5,7-8,12H,2-4,6,9,11H2,1H3. The Bertz CT molecular complexity index is 470. The van der Waals surface area contributed by atoms with Crippen molar-refractivity contribution in [3.63, 3.8) is 0 Å². The quantitative estimate of drug-likeness (QED) is 0.841. The summed E-state index contributed by atoms with van der Waals surface area (Å²) in [5.41, 5.74) is 0.941. The molecule has 0 bridgehead atoms. The van der Waals surface area contributed by atoms with Crippen LogP contribution in [0.3, 0.4) is 0 Å². The van der Waals surface area contributed by atoms with E-state index in [1.807, 2.05) is 23.9 Å². The van der Waals surface area contributed by atoms with Gasteiger partial charge in [0.2, 0.25) is 0 Å². The smallest absolute Gasteiger partial charge is 0.143 e. The summed E-state index contributed by atoms with van der Waals surface area (Å²) >= 11 is 1.96. The maximum absolute atomic E-state index is 13.7. The van der Waals surface area contributed by atoms with E-state index in [1.165, 1.54) is 18.9 Å². The van der Waals surface area contributed by atoms with Crippen molar-refractivity contribution in [2.45, 2.75) is 31.4 Å². The molecule has 0 aliphatic carbocycles. The Labute approximate surface area is 118 Å². The van der Waals surface area contributed by atoms with Gasteiger partial charge in [-0.1, -0.05) is 19.4 Å². The number of halogens is 1. The topological polar surface area (TPSA) is 27.0 Å². The molecule has 1 aromatic rings. The molecule has 0 radical (unpaired) electrons. The van der Waals surface area contributed by atoms with E-state index in [0.29, 0.717) is 5.25 Å². The van der Waals surface area contributed by atoms with Crippen LogP contribution in [0.15, 0.2) is 18.2 Å². The van der Waals surface area contributed by atoms with Gasteiger partial charge in [0.05, 0.1) is 5.69 Å². The molecule has 1 aliphatic rings. The average molecular weight is 278 g/mol. The minimum Gasteiger partial charge on any atom is -0.369 e. The second-order valence-electron chi connectivity index (χ2n) is 4.76. The number of benzene rings is 1. The highest BCUT2D eigenvalue weighted by atomic mass is 32.2. The second kappa shape index (κ2) is 6.81. The van der Waals surface area contributed by atoms with E-state index < -0.39 is 5.82 Å². The highest BCUT2D eigenvalue weighted by Crippen LogP contribution is 2.28. The van der Waals surface area contributed by atoms with Crippen molar-refractivity contribution in [2.75, 3.05) is 23.7 Å². The van der Waals surface area contributed by atoms with Crippen LogP contribution in [-0.2, 0) is 0 Å². The van der Waals surface area contributed by atoms with Gasteiger partial charge in [0.1, 0.15) is 17.4 Å². The van der Waals surface area contributed by atoms with Crippen molar-refractivity contribution in [2.24, 2.45) is 0 Å². The first-order valence-corrected chi connectivity index (χ1v) is 7.86. The molecule has 1 unspecified atom stereocenters. The van der Waals surface area contributed by atoms with Gasteiger partial charge in [-0.3, -0.25) is 0 Å². The van der Waals surface area contributed by atoms with E-state index in [9.17, 15) is 4.39 Å². The predicted octanol–water partition coefficient (Wildman–Crippen LogP) is 3.81. The van der Waals surface area contributed by atoms with Gasteiger partial charge in [-0.2, -0.15) is 17.0 Å². The van der Waals surface area contributed by atoms with Crippen LogP contribution in [0.2, 0.25) is 0 Å². The van der Waals surface area contributed by atoms with Gasteiger partial charge >= 0.3 is 0 Å². The normalized spacial score (nSPS) is 19.8. The predicted molar refractivity (Wildman–Crippen MR) is 79.1 cm³/mol. The van der Waals surface area contributed by atoms with Crippen LogP contribution < -0.4 is 4.90 Å². The molecule has 1 aromatic carbocycles. The van der Waals surface area contributed by atoms with Crippen LogP contribution in [0.25, 0.3) is 0 Å². The summed E-state index contributed by atoms with van der Waals surface area (Å²) in [6.07, 6.45) is 3.54. The largest absolute Gasteiger partial charge is 0.369 e. The summed E-state index contributed by atoms with van der Waals surface area (Å²) in [4.78, 5) is 2.18. The Morgan fingerprint density at radius 3 is 3.05 bits per heavy atom. The molecule has 102 valence electrons. The van der Waals surface area contributed by atoms with Crippen LogP contribution in [0.1, 0.15) is 31.7 Å². The Balaban J connectivity index is 2.24. The second-order valence-corrected chi connectivity index (χ2v) is 6.34. The van der Waals surface area contributed by atoms with E-state index in [1.54, 1.807) is 6.07 Å². The Kier molecular flexibility index (Phi) is 5.09. The van der Waals surface area contributed by atoms with Gasteiger partial charge < -0.3 is 4.90 Å². The lowest BCUT2D eigenvalue weighted by atomic mass is 10.1. The molecular weight excluding hydrogens is 259 g/mol. The van der Waals surface area contributed by atoms with Crippen molar-refractivity contribution in [1.29, 1.82) is 5.26 Å². The third-order valence-electron chi connectivity index (χ3n) is 3.47. The SMILES string of the molecule is CCSC1CCCCN(c2cccc(F)c2C#N)C1. The molecule has 0 N–H and O–H groups in total. The third-order valence-corrected chi connectivity index (χ3v) is 4.66. The lowest BCUT2D eigenvalue weighted by molar-refractivity contribution is 0.622. The minimum absolute atomic E-state index is 0.185. The number of anilines is 1. The number of nitriles is 1. The Morgan fingerprint density at radius 1 is 1.47 bits per heavy atom. The van der Waals surface area contributed by atoms with Crippen LogP contribution >= 0.6 is 11.8 Å². The first-order valence-electron chi connectivity index (χ1n) is 6.81. The highest BCUT2D eigenvalue weighted by Gasteiger charge is 2.21. The monoisotopic (exact) mass is 278 g/mol. The molecule has 2 rings (SSSR count). The van der Waals surface area contributed by atoms with Gasteiger partial charge in [-0.15, -0.1) is 0 Å². The summed E-state index contributed by atoms with van der Waals surface area (Å²) in [5, 5.41) is 9.73. The molecule has 0 saturated carbocycles. The molecule has 1 fully saturated rings. The fraction of sp³-hybridized carbons (Fsp3) is 0.533. The van der Waals surface area contributed by atoms with Gasteiger partial charge in [0.15, 0.2) is 0 Å². The molecule has 1 aliphatic heterocycles. The fourth-order valence-corrected chi connectivity index (χ4v) is 3.67. The minimum atomic E-state index is -0.413. The van der Waals surface area contributed by atoms with Gasteiger partial charge in [-0.05, 0) is 30.7 Å². The number of nitrogens with zero attached hydrogens (tertiary/aromatic N) is 2. The fourth-order valence-electron chi connectivity index (χ4n) is 2.58. The average Bonchev–Trinajstić information content (AvgIpc) is 2.64. The number of thioether (sulfide) groups is 1. The van der Waals surface area contributed by atoms with Crippen molar-refractivity contribution in [3.05, 3.63) is 29.6 Å². The van der Waals surface area contributed by atoms with Crippen LogP contribution in [-0.4, -0.2) is 24.1 Å². The summed E-state index contributed by atoms with van der Waals surface area (Å²) in [6, 6.07) is 6.92. The molecule has 1 saturated heterocycles. The first-order chi connectivity index (χ1) is 9.26. The van der Waals surface area contributed by atoms with Gasteiger partial charge in [0.25, 0.3) is 0 Å². The van der Waals surface area contributed by atoms with Crippen LogP contribution in [0, 0.1) is 17.1 Å². The van der Waals surface area contributed by atoms with Crippen molar-refractivity contribution >= 4 is 17.4 Å². The Hall–Kier alpha value is -1.21. The summed E-state index contributed by atoms with van der Waals surface area (Å²) < 4.78 is 13.7. The summed E-state index contributed by atoms with van der Waals surface area (Å²) in [5.74, 6) is 0.691. The third kappa shape index (κ3) is 3.42. The van der Waals surface area contributed by atoms with E-state index >= 15 is 0 Å². The molecule has 0 spiro atoms. The number of hydrogen-bond acceptors (Lipinski definition) is 3. The zero-order valence-electron chi connectivity index (χ0n) is 11.2. The van der Waals surface area contributed by atoms with Crippen LogP contribution in [0.4, 0.5) is 10.1 Å². The number of rotatable bonds is 3. The summed E-state index contributed by atoms with van der Waals surface area (Å²) in [7, 11) is 0. The summed E-state index contributed by atoms with van der Waals surface area (Å²) in [6.45, 7) is 4.00. The molecular formula is C15H19FN2S. The van der Waals surface area contributed by atoms with E-state index in [4.69, 9.17) is 5.26 Å². The van der Waals surface area contributed by atoms with E-state index in [2.05, 4.69) is 11.8 Å². The molecule has 0 amide bonds. The highest BCUT2D eigenvalue weighted by molar-refractivity contribution is 7.99. The first kappa shape index (κ1) is 14.2. The zero-order valence-corrected chi connectivity index (χ0v) is 12.0. The Morgan fingerprint density at radius 2 is 2.32 bits per heavy atom. The molecule has 0 aromatic heterocycles.